The van der Waals surface area contributed by atoms with Gasteiger partial charge in [0.1, 0.15) is 5.75 Å². The van der Waals surface area contributed by atoms with Gasteiger partial charge in [0.2, 0.25) is 0 Å². The molecule has 8 heteroatoms. The quantitative estimate of drug-likeness (QED) is 0.658. The van der Waals surface area contributed by atoms with Crippen LogP contribution in [0.15, 0.2) is 47.6 Å². The molecule has 0 aliphatic heterocycles. The van der Waals surface area contributed by atoms with Crippen molar-refractivity contribution in [2.45, 2.75) is 6.18 Å². The van der Waals surface area contributed by atoms with Crippen molar-refractivity contribution >= 4 is 23.7 Å². The summed E-state index contributed by atoms with van der Waals surface area (Å²) in [5.74, 6) is -1.27. The van der Waals surface area contributed by atoms with E-state index in [0.29, 0.717) is 0 Å². The number of nitrogens with one attached hydrogen (secondary N) is 1. The molecule has 2 aromatic rings. The highest BCUT2D eigenvalue weighted by molar-refractivity contribution is 6.32. The molecule has 4 nitrogen and oxygen atoms in total. The van der Waals surface area contributed by atoms with Crippen LogP contribution in [0.2, 0.25) is 5.02 Å². The maximum absolute atomic E-state index is 12.8. The van der Waals surface area contributed by atoms with E-state index in [0.717, 1.165) is 18.3 Å². The van der Waals surface area contributed by atoms with Crippen LogP contribution in [0.25, 0.3) is 0 Å². The number of nitrogens with zero attached hydrogens (tertiary/aromatic N) is 1. The number of halogens is 4. The lowest BCUT2D eigenvalue weighted by molar-refractivity contribution is -0.137. The van der Waals surface area contributed by atoms with Gasteiger partial charge < -0.3 is 5.11 Å². The Balaban J connectivity index is 2.18. The van der Waals surface area contributed by atoms with Crippen molar-refractivity contribution in [3.63, 3.8) is 0 Å². The monoisotopic (exact) mass is 342 g/mol. The minimum absolute atomic E-state index is 0.0858. The van der Waals surface area contributed by atoms with Gasteiger partial charge in [-0.3, -0.25) is 4.79 Å². The van der Waals surface area contributed by atoms with Gasteiger partial charge in [-0.25, -0.2) is 5.43 Å². The Labute approximate surface area is 134 Å². The molecule has 0 heterocycles. The number of benzene rings is 2. The molecular formula is C15H10ClF3N2O2. The number of phenolic OH excluding ortho intramolecular Hbond substituents is 1. The molecule has 0 saturated heterocycles. The molecule has 0 atom stereocenters. The van der Waals surface area contributed by atoms with Crippen molar-refractivity contribution in [3.05, 3.63) is 64.2 Å². The topological polar surface area (TPSA) is 61.7 Å². The SMILES string of the molecule is O=C(N/N=C/c1cccc(Cl)c1O)c1ccccc1C(F)(F)F. The first kappa shape index (κ1) is 16.8. The molecule has 2 aromatic carbocycles. The fourth-order valence-corrected chi connectivity index (χ4v) is 1.97. The van der Waals surface area contributed by atoms with E-state index in [4.69, 9.17) is 11.6 Å². The van der Waals surface area contributed by atoms with Crippen LogP contribution >= 0.6 is 11.6 Å². The van der Waals surface area contributed by atoms with Gasteiger partial charge in [-0.2, -0.15) is 18.3 Å². The fraction of sp³-hybridized carbons (Fsp3) is 0.0667. The minimum Gasteiger partial charge on any atom is -0.506 e. The molecule has 2 rings (SSSR count). The van der Waals surface area contributed by atoms with Crippen LogP contribution in [-0.2, 0) is 6.18 Å². The number of rotatable bonds is 3. The Morgan fingerprint density at radius 2 is 1.87 bits per heavy atom. The summed E-state index contributed by atoms with van der Waals surface area (Å²) in [7, 11) is 0. The van der Waals surface area contributed by atoms with E-state index >= 15 is 0 Å². The first-order chi connectivity index (χ1) is 10.8. The second-order valence-corrected chi connectivity index (χ2v) is 4.83. The van der Waals surface area contributed by atoms with Gasteiger partial charge in [-0.1, -0.05) is 29.8 Å². The van der Waals surface area contributed by atoms with Crippen LogP contribution in [-0.4, -0.2) is 17.2 Å². The van der Waals surface area contributed by atoms with Gasteiger partial charge in [0.05, 0.1) is 22.4 Å². The van der Waals surface area contributed by atoms with Crippen molar-refractivity contribution < 1.29 is 23.1 Å². The van der Waals surface area contributed by atoms with Crippen LogP contribution in [0.1, 0.15) is 21.5 Å². The predicted molar refractivity (Wildman–Crippen MR) is 79.6 cm³/mol. The third-order valence-electron chi connectivity index (χ3n) is 2.86. The number of aromatic hydroxyl groups is 1. The van der Waals surface area contributed by atoms with Crippen molar-refractivity contribution in [1.29, 1.82) is 0 Å². The fourth-order valence-electron chi connectivity index (χ4n) is 1.79. The van der Waals surface area contributed by atoms with Crippen molar-refractivity contribution in [2.75, 3.05) is 0 Å². The lowest BCUT2D eigenvalue weighted by Gasteiger charge is -2.11. The molecule has 0 fully saturated rings. The lowest BCUT2D eigenvalue weighted by Crippen LogP contribution is -2.22. The number of carbonyl (C=O) groups excluding carboxylic acids is 1. The molecule has 23 heavy (non-hydrogen) atoms. The van der Waals surface area contributed by atoms with Gasteiger partial charge >= 0.3 is 6.18 Å². The number of carbonyl (C=O) groups is 1. The largest absolute Gasteiger partial charge is 0.506 e. The highest BCUT2D eigenvalue weighted by atomic mass is 35.5. The number of alkyl halides is 3. The molecule has 0 unspecified atom stereocenters. The van der Waals surface area contributed by atoms with E-state index in [1.807, 2.05) is 5.43 Å². The lowest BCUT2D eigenvalue weighted by atomic mass is 10.1. The molecular weight excluding hydrogens is 333 g/mol. The van der Waals surface area contributed by atoms with Crippen molar-refractivity contribution in [3.8, 4) is 5.75 Å². The third kappa shape index (κ3) is 4.01. The van der Waals surface area contributed by atoms with E-state index in [1.165, 1.54) is 24.3 Å². The first-order valence-corrected chi connectivity index (χ1v) is 6.65. The number of amides is 1. The summed E-state index contributed by atoms with van der Waals surface area (Å²) in [6.07, 6.45) is -3.57. The molecule has 0 aliphatic carbocycles. The maximum Gasteiger partial charge on any atom is 0.417 e. The Morgan fingerprint density at radius 1 is 1.17 bits per heavy atom. The number of para-hydroxylation sites is 1. The smallest absolute Gasteiger partial charge is 0.417 e. The van der Waals surface area contributed by atoms with Gasteiger partial charge in [0.25, 0.3) is 5.91 Å². The average molecular weight is 343 g/mol. The molecule has 0 bridgehead atoms. The molecule has 120 valence electrons. The van der Waals surface area contributed by atoms with E-state index in [2.05, 4.69) is 5.10 Å². The van der Waals surface area contributed by atoms with E-state index in [1.54, 1.807) is 6.07 Å². The molecule has 0 spiro atoms. The molecule has 1 amide bonds. The second-order valence-electron chi connectivity index (χ2n) is 4.42. The van der Waals surface area contributed by atoms with Gasteiger partial charge in [-0.15, -0.1) is 0 Å². The molecule has 0 aliphatic rings. The minimum atomic E-state index is -4.65. The Kier molecular flexibility index (Phi) is 4.90. The maximum atomic E-state index is 12.8. The summed E-state index contributed by atoms with van der Waals surface area (Å²) in [6, 6.07) is 8.83. The zero-order chi connectivity index (χ0) is 17.0. The molecule has 0 radical (unpaired) electrons. The first-order valence-electron chi connectivity index (χ1n) is 6.28. The van der Waals surface area contributed by atoms with Gasteiger partial charge in [-0.05, 0) is 24.3 Å². The van der Waals surface area contributed by atoms with E-state index in [9.17, 15) is 23.1 Å². The van der Waals surface area contributed by atoms with Crippen LogP contribution < -0.4 is 5.43 Å². The molecule has 2 N–H and O–H groups in total. The summed E-state index contributed by atoms with van der Waals surface area (Å²) in [4.78, 5) is 11.8. The average Bonchev–Trinajstić information content (AvgIpc) is 2.50. The number of hydrogen-bond acceptors (Lipinski definition) is 3. The predicted octanol–water partition coefficient (Wildman–Crippen LogP) is 3.83. The number of hydrazone groups is 1. The Morgan fingerprint density at radius 3 is 2.57 bits per heavy atom. The summed E-state index contributed by atoms with van der Waals surface area (Å²) < 4.78 is 38.5. The number of phenols is 1. The summed E-state index contributed by atoms with van der Waals surface area (Å²) in [5.41, 5.74) is 0.587. The Bertz CT molecular complexity index is 761. The third-order valence-corrected chi connectivity index (χ3v) is 3.17. The summed E-state index contributed by atoms with van der Waals surface area (Å²) in [6.45, 7) is 0. The highest BCUT2D eigenvalue weighted by Crippen LogP contribution is 2.31. The van der Waals surface area contributed by atoms with Crippen LogP contribution in [0.3, 0.4) is 0 Å². The van der Waals surface area contributed by atoms with Crippen molar-refractivity contribution in [2.24, 2.45) is 5.10 Å². The van der Waals surface area contributed by atoms with Gasteiger partial charge in [0.15, 0.2) is 0 Å². The Hall–Kier alpha value is -2.54. The second kappa shape index (κ2) is 6.70. The van der Waals surface area contributed by atoms with Crippen LogP contribution in [0, 0.1) is 0 Å². The molecule has 0 saturated carbocycles. The standard InChI is InChI=1S/C15H10ClF3N2O2/c16-12-7-3-4-9(13(12)22)8-20-21-14(23)10-5-1-2-6-11(10)15(17,18)19/h1-8,22H,(H,21,23)/b20-8+. The summed E-state index contributed by atoms with van der Waals surface area (Å²) >= 11 is 5.70. The molecule has 0 aromatic heterocycles. The highest BCUT2D eigenvalue weighted by Gasteiger charge is 2.34. The van der Waals surface area contributed by atoms with Crippen molar-refractivity contribution in [1.82, 2.24) is 5.43 Å². The van der Waals surface area contributed by atoms with E-state index < -0.39 is 23.2 Å². The van der Waals surface area contributed by atoms with Crippen LogP contribution in [0.4, 0.5) is 13.2 Å². The van der Waals surface area contributed by atoms with E-state index in [-0.39, 0.29) is 16.3 Å². The normalized spacial score (nSPS) is 11.7. The number of hydrogen-bond donors (Lipinski definition) is 2. The zero-order valence-electron chi connectivity index (χ0n) is 11.4. The zero-order valence-corrected chi connectivity index (χ0v) is 12.2. The summed E-state index contributed by atoms with van der Waals surface area (Å²) in [5, 5.41) is 13.3. The van der Waals surface area contributed by atoms with Crippen LogP contribution in [0.5, 0.6) is 5.75 Å². The van der Waals surface area contributed by atoms with Gasteiger partial charge in [0, 0.05) is 5.56 Å².